The number of amides is 1. The molecule has 0 aliphatic carbocycles. The van der Waals surface area contributed by atoms with Gasteiger partial charge in [0.1, 0.15) is 5.82 Å². The number of halogens is 2. The van der Waals surface area contributed by atoms with Gasteiger partial charge >= 0.3 is 0 Å². The van der Waals surface area contributed by atoms with Crippen LogP contribution in [0.4, 0.5) is 10.1 Å². The summed E-state index contributed by atoms with van der Waals surface area (Å²) in [6.07, 6.45) is 0. The number of hydrogen-bond acceptors (Lipinski definition) is 2. The van der Waals surface area contributed by atoms with E-state index in [0.29, 0.717) is 15.7 Å². The predicted octanol–water partition coefficient (Wildman–Crippen LogP) is 2.83. The van der Waals surface area contributed by atoms with E-state index in [1.54, 1.807) is 13.0 Å². The molecule has 0 unspecified atom stereocenters. The minimum absolute atomic E-state index is 0.139. The lowest BCUT2D eigenvalue weighted by Crippen LogP contribution is -2.32. The number of benzene rings is 1. The van der Waals surface area contributed by atoms with Crippen LogP contribution in [0.3, 0.4) is 0 Å². The summed E-state index contributed by atoms with van der Waals surface area (Å²) in [6, 6.07) is 3.20. The molecular weight excluding hydrogens is 287 g/mol. The van der Waals surface area contributed by atoms with Gasteiger partial charge in [0.25, 0.3) is 0 Å². The second-order valence-electron chi connectivity index (χ2n) is 4.17. The van der Waals surface area contributed by atoms with Crippen LogP contribution in [-0.4, -0.2) is 18.5 Å². The van der Waals surface area contributed by atoms with Crippen LogP contribution >= 0.6 is 15.9 Å². The highest BCUT2D eigenvalue weighted by molar-refractivity contribution is 9.10. The van der Waals surface area contributed by atoms with E-state index in [9.17, 15) is 9.18 Å². The first kappa shape index (κ1) is 14.1. The molecular formula is C12H16BrFN2O. The van der Waals surface area contributed by atoms with E-state index < -0.39 is 0 Å². The van der Waals surface area contributed by atoms with E-state index in [1.165, 1.54) is 6.07 Å². The van der Waals surface area contributed by atoms with Crippen molar-refractivity contribution in [3.8, 4) is 0 Å². The summed E-state index contributed by atoms with van der Waals surface area (Å²) in [6.45, 7) is 5.92. The Morgan fingerprint density at radius 2 is 2.12 bits per heavy atom. The van der Waals surface area contributed by atoms with Crippen molar-refractivity contribution in [1.29, 1.82) is 0 Å². The van der Waals surface area contributed by atoms with E-state index in [0.717, 1.165) is 0 Å². The van der Waals surface area contributed by atoms with Crippen LogP contribution in [0.2, 0.25) is 0 Å². The Bertz CT molecular complexity index is 421. The fraction of sp³-hybridized carbons (Fsp3) is 0.417. The van der Waals surface area contributed by atoms with Crippen molar-refractivity contribution in [2.75, 3.05) is 11.9 Å². The monoisotopic (exact) mass is 302 g/mol. The summed E-state index contributed by atoms with van der Waals surface area (Å²) < 4.78 is 13.5. The fourth-order valence-electron chi connectivity index (χ4n) is 1.27. The number of rotatable bonds is 4. The standard InChI is InChI=1S/C12H16BrFN2O/c1-7(2)15-6-12(17)16-11-5-9(13)10(14)4-8(11)3/h4-5,7,15H,6H2,1-3H3,(H,16,17). The van der Waals surface area contributed by atoms with Crippen LogP contribution in [0, 0.1) is 12.7 Å². The highest BCUT2D eigenvalue weighted by atomic mass is 79.9. The second-order valence-corrected chi connectivity index (χ2v) is 5.02. The molecule has 0 spiro atoms. The largest absolute Gasteiger partial charge is 0.325 e. The van der Waals surface area contributed by atoms with Gasteiger partial charge in [-0.25, -0.2) is 4.39 Å². The van der Waals surface area contributed by atoms with E-state index in [1.807, 2.05) is 13.8 Å². The van der Waals surface area contributed by atoms with Crippen LogP contribution < -0.4 is 10.6 Å². The summed E-state index contributed by atoms with van der Waals surface area (Å²) in [7, 11) is 0. The maximum Gasteiger partial charge on any atom is 0.238 e. The van der Waals surface area contributed by atoms with Crippen LogP contribution in [-0.2, 0) is 4.79 Å². The van der Waals surface area contributed by atoms with Crippen LogP contribution in [0.5, 0.6) is 0 Å². The van der Waals surface area contributed by atoms with E-state index in [-0.39, 0.29) is 24.3 Å². The normalized spacial score (nSPS) is 10.7. The molecule has 17 heavy (non-hydrogen) atoms. The molecule has 0 saturated carbocycles. The zero-order chi connectivity index (χ0) is 13.0. The van der Waals surface area contributed by atoms with Gasteiger partial charge in [-0.15, -0.1) is 0 Å². The van der Waals surface area contributed by atoms with Gasteiger partial charge in [0.05, 0.1) is 11.0 Å². The molecule has 1 amide bonds. The Morgan fingerprint density at radius 3 is 2.71 bits per heavy atom. The highest BCUT2D eigenvalue weighted by Gasteiger charge is 2.08. The van der Waals surface area contributed by atoms with Gasteiger partial charge < -0.3 is 10.6 Å². The number of carbonyl (C=O) groups is 1. The summed E-state index contributed by atoms with van der Waals surface area (Å²) >= 11 is 3.09. The zero-order valence-electron chi connectivity index (χ0n) is 10.1. The molecule has 2 N–H and O–H groups in total. The predicted molar refractivity (Wildman–Crippen MR) is 70.6 cm³/mol. The number of anilines is 1. The summed E-state index contributed by atoms with van der Waals surface area (Å²) in [5.41, 5.74) is 1.32. The third kappa shape index (κ3) is 4.44. The summed E-state index contributed by atoms with van der Waals surface area (Å²) in [5, 5.41) is 5.75. The van der Waals surface area contributed by atoms with E-state index in [4.69, 9.17) is 0 Å². The van der Waals surface area contributed by atoms with Crippen molar-refractivity contribution >= 4 is 27.5 Å². The highest BCUT2D eigenvalue weighted by Crippen LogP contribution is 2.24. The third-order valence-electron chi connectivity index (χ3n) is 2.21. The smallest absolute Gasteiger partial charge is 0.238 e. The van der Waals surface area contributed by atoms with Gasteiger partial charge in [-0.3, -0.25) is 4.79 Å². The average molecular weight is 303 g/mol. The molecule has 0 aliphatic rings. The molecule has 0 aromatic heterocycles. The fourth-order valence-corrected chi connectivity index (χ4v) is 1.62. The molecule has 1 rings (SSSR count). The van der Waals surface area contributed by atoms with Crippen molar-refractivity contribution in [3.05, 3.63) is 28.0 Å². The van der Waals surface area contributed by atoms with Crippen molar-refractivity contribution in [2.45, 2.75) is 26.8 Å². The van der Waals surface area contributed by atoms with Gasteiger partial charge in [0.15, 0.2) is 0 Å². The molecule has 0 aliphatic heterocycles. The Labute approximate surface area is 109 Å². The van der Waals surface area contributed by atoms with Gasteiger partial charge in [0, 0.05) is 11.7 Å². The lowest BCUT2D eigenvalue weighted by atomic mass is 10.2. The zero-order valence-corrected chi connectivity index (χ0v) is 11.7. The molecule has 3 nitrogen and oxygen atoms in total. The molecule has 1 aromatic carbocycles. The Hall–Kier alpha value is -0.940. The van der Waals surface area contributed by atoms with E-state index in [2.05, 4.69) is 26.6 Å². The first-order valence-electron chi connectivity index (χ1n) is 5.39. The van der Waals surface area contributed by atoms with Crippen molar-refractivity contribution in [1.82, 2.24) is 5.32 Å². The maximum absolute atomic E-state index is 13.2. The van der Waals surface area contributed by atoms with Crippen molar-refractivity contribution < 1.29 is 9.18 Å². The number of carbonyl (C=O) groups excluding carboxylic acids is 1. The Balaban J connectivity index is 2.68. The minimum atomic E-state index is -0.333. The Morgan fingerprint density at radius 1 is 1.47 bits per heavy atom. The molecule has 0 fully saturated rings. The first-order valence-corrected chi connectivity index (χ1v) is 6.18. The first-order chi connectivity index (χ1) is 7.90. The number of aryl methyl sites for hydroxylation is 1. The van der Waals surface area contributed by atoms with Crippen molar-refractivity contribution in [2.24, 2.45) is 0 Å². The lowest BCUT2D eigenvalue weighted by molar-refractivity contribution is -0.115. The van der Waals surface area contributed by atoms with Crippen molar-refractivity contribution in [3.63, 3.8) is 0 Å². The minimum Gasteiger partial charge on any atom is -0.325 e. The molecule has 5 heteroatoms. The quantitative estimate of drug-likeness (QED) is 0.898. The van der Waals surface area contributed by atoms with Gasteiger partial charge in [0.2, 0.25) is 5.91 Å². The Kier molecular flexibility index (Phi) is 5.08. The molecule has 94 valence electrons. The topological polar surface area (TPSA) is 41.1 Å². The summed E-state index contributed by atoms with van der Waals surface area (Å²) in [4.78, 5) is 11.6. The molecule has 0 atom stereocenters. The SMILES string of the molecule is Cc1cc(F)c(Br)cc1NC(=O)CNC(C)C. The number of hydrogen-bond donors (Lipinski definition) is 2. The van der Waals surface area contributed by atoms with Gasteiger partial charge in [-0.2, -0.15) is 0 Å². The molecule has 0 heterocycles. The lowest BCUT2D eigenvalue weighted by Gasteiger charge is -2.11. The summed E-state index contributed by atoms with van der Waals surface area (Å²) in [5.74, 6) is -0.471. The van der Waals surface area contributed by atoms with Crippen LogP contribution in [0.25, 0.3) is 0 Å². The van der Waals surface area contributed by atoms with Gasteiger partial charge in [-0.1, -0.05) is 13.8 Å². The average Bonchev–Trinajstić information content (AvgIpc) is 2.23. The van der Waals surface area contributed by atoms with E-state index >= 15 is 0 Å². The molecule has 0 bridgehead atoms. The number of nitrogens with one attached hydrogen (secondary N) is 2. The molecule has 1 aromatic rings. The molecule has 0 radical (unpaired) electrons. The maximum atomic E-state index is 13.2. The van der Waals surface area contributed by atoms with Gasteiger partial charge in [-0.05, 0) is 40.5 Å². The van der Waals surface area contributed by atoms with Crippen LogP contribution in [0.1, 0.15) is 19.4 Å². The second kappa shape index (κ2) is 6.12. The molecule has 0 saturated heterocycles. The van der Waals surface area contributed by atoms with Crippen LogP contribution in [0.15, 0.2) is 16.6 Å². The third-order valence-corrected chi connectivity index (χ3v) is 2.82.